The van der Waals surface area contributed by atoms with Crippen LogP contribution < -0.4 is 10.9 Å². The summed E-state index contributed by atoms with van der Waals surface area (Å²) in [7, 11) is 0. The minimum Gasteiger partial charge on any atom is -0.381 e. The summed E-state index contributed by atoms with van der Waals surface area (Å²) < 4.78 is 7.06. The van der Waals surface area contributed by atoms with E-state index in [2.05, 4.69) is 10.3 Å². The standard InChI is InChI=1S/C29H29N3O4/c33-27(24-7-4-14-32(29(24)35)19-21-11-15-36-16-12-21)8-2-1-5-20-9-10-23-25(18-22-6-3-13-30-22)28(34)31-26(23)17-20/h1,3-7,9-10,13-14,17-18,21,30H,2,8,11-12,15-16,19H2,(H,31,34)/b5-1+,25-18-. The predicted octanol–water partition coefficient (Wildman–Crippen LogP) is 4.77. The second-order valence-corrected chi connectivity index (χ2v) is 9.24. The Hall–Kier alpha value is -3.97. The van der Waals surface area contributed by atoms with Gasteiger partial charge in [-0.1, -0.05) is 24.3 Å². The number of nitrogens with zero attached hydrogens (tertiary/aromatic N) is 1. The number of aromatic amines is 1. The number of ketones is 1. The Bertz CT molecular complexity index is 1380. The van der Waals surface area contributed by atoms with Gasteiger partial charge in [-0.2, -0.15) is 0 Å². The predicted molar refractivity (Wildman–Crippen MR) is 141 cm³/mol. The maximum atomic E-state index is 12.9. The van der Waals surface area contributed by atoms with E-state index >= 15 is 0 Å². The SMILES string of the molecule is O=C1Nc2cc(/C=C/CCC(=O)c3cccn(CC4CCOCC4)c3=O)ccc2/C1=C/c1ccc[nH]1. The number of allylic oxidation sites excluding steroid dienone is 1. The third kappa shape index (κ3) is 5.31. The van der Waals surface area contributed by atoms with Crippen molar-refractivity contribution in [2.24, 2.45) is 5.92 Å². The summed E-state index contributed by atoms with van der Waals surface area (Å²) >= 11 is 0. The molecule has 5 rings (SSSR count). The van der Waals surface area contributed by atoms with Crippen LogP contribution in [0.4, 0.5) is 5.69 Å². The maximum Gasteiger partial charge on any atom is 0.261 e. The number of ether oxygens (including phenoxy) is 1. The van der Waals surface area contributed by atoms with Gasteiger partial charge in [-0.25, -0.2) is 0 Å². The van der Waals surface area contributed by atoms with Gasteiger partial charge < -0.3 is 19.6 Å². The fourth-order valence-corrected chi connectivity index (χ4v) is 4.72. The van der Waals surface area contributed by atoms with E-state index in [1.807, 2.05) is 54.8 Å². The van der Waals surface area contributed by atoms with E-state index in [0.717, 1.165) is 48.6 Å². The molecule has 0 aliphatic carbocycles. The molecule has 7 nitrogen and oxygen atoms in total. The van der Waals surface area contributed by atoms with Gasteiger partial charge in [0.1, 0.15) is 0 Å². The normalized spacial score (nSPS) is 17.0. The summed E-state index contributed by atoms with van der Waals surface area (Å²) in [6, 6.07) is 13.0. The summed E-state index contributed by atoms with van der Waals surface area (Å²) in [5.74, 6) is 0.129. The third-order valence-electron chi connectivity index (χ3n) is 6.71. The molecule has 1 amide bonds. The van der Waals surface area contributed by atoms with E-state index < -0.39 is 0 Å². The molecule has 4 heterocycles. The number of Topliss-reactive ketones (excluding diaryl/α,β-unsaturated/α-hetero) is 1. The molecule has 7 heteroatoms. The average molecular weight is 484 g/mol. The Kier molecular flexibility index (Phi) is 7.09. The fraction of sp³-hybridized carbons (Fsp3) is 0.276. The molecule has 0 spiro atoms. The molecule has 0 bridgehead atoms. The first-order valence-corrected chi connectivity index (χ1v) is 12.4. The lowest BCUT2D eigenvalue weighted by molar-refractivity contribution is -0.110. The van der Waals surface area contributed by atoms with Gasteiger partial charge in [0.05, 0.1) is 11.1 Å². The van der Waals surface area contributed by atoms with E-state index in [1.165, 1.54) is 0 Å². The van der Waals surface area contributed by atoms with Crippen LogP contribution in [0, 0.1) is 5.92 Å². The largest absolute Gasteiger partial charge is 0.381 e. The number of pyridine rings is 1. The molecular weight excluding hydrogens is 454 g/mol. The number of carbonyl (C=O) groups excluding carboxylic acids is 2. The zero-order chi connectivity index (χ0) is 24.9. The summed E-state index contributed by atoms with van der Waals surface area (Å²) in [6.45, 7) is 2.08. The highest BCUT2D eigenvalue weighted by atomic mass is 16.5. The first kappa shape index (κ1) is 23.8. The van der Waals surface area contributed by atoms with E-state index in [1.54, 1.807) is 22.9 Å². The number of carbonyl (C=O) groups is 2. The first-order valence-electron chi connectivity index (χ1n) is 12.4. The highest BCUT2D eigenvalue weighted by molar-refractivity contribution is 6.34. The van der Waals surface area contributed by atoms with E-state index in [9.17, 15) is 14.4 Å². The maximum absolute atomic E-state index is 12.9. The van der Waals surface area contributed by atoms with Crippen LogP contribution in [0.3, 0.4) is 0 Å². The monoisotopic (exact) mass is 483 g/mol. The number of anilines is 1. The Morgan fingerprint density at radius 1 is 1.11 bits per heavy atom. The number of benzene rings is 1. The molecule has 2 aromatic heterocycles. The van der Waals surface area contributed by atoms with Crippen LogP contribution in [0.15, 0.2) is 65.7 Å². The van der Waals surface area contributed by atoms with Crippen LogP contribution in [0.1, 0.15) is 52.9 Å². The molecule has 3 aromatic rings. The first-order chi connectivity index (χ1) is 17.6. The molecule has 2 aliphatic rings. The van der Waals surface area contributed by atoms with Crippen molar-refractivity contribution >= 4 is 35.1 Å². The fourth-order valence-electron chi connectivity index (χ4n) is 4.72. The van der Waals surface area contributed by atoms with Crippen molar-refractivity contribution in [3.63, 3.8) is 0 Å². The summed E-state index contributed by atoms with van der Waals surface area (Å²) in [6.07, 6.45) is 11.9. The molecule has 0 unspecified atom stereocenters. The molecule has 1 fully saturated rings. The van der Waals surface area contributed by atoms with E-state index in [4.69, 9.17) is 4.74 Å². The zero-order valence-electron chi connectivity index (χ0n) is 20.0. The number of H-pyrrole nitrogens is 1. The number of aromatic nitrogens is 2. The average Bonchev–Trinajstić information content (AvgIpc) is 3.51. The lowest BCUT2D eigenvalue weighted by Crippen LogP contribution is -2.30. The second kappa shape index (κ2) is 10.7. The lowest BCUT2D eigenvalue weighted by atomic mass is 10.00. The molecule has 0 atom stereocenters. The van der Waals surface area contributed by atoms with Crippen molar-refractivity contribution in [1.82, 2.24) is 9.55 Å². The minimum absolute atomic E-state index is 0.128. The number of rotatable bonds is 8. The molecule has 1 aromatic carbocycles. The molecule has 0 saturated carbocycles. The van der Waals surface area contributed by atoms with Crippen molar-refractivity contribution in [3.8, 4) is 0 Å². The van der Waals surface area contributed by atoms with Crippen molar-refractivity contribution in [2.45, 2.75) is 32.2 Å². The molecule has 2 N–H and O–H groups in total. The Morgan fingerprint density at radius 2 is 1.97 bits per heavy atom. The highest BCUT2D eigenvalue weighted by Crippen LogP contribution is 2.34. The van der Waals surface area contributed by atoms with Crippen molar-refractivity contribution in [3.05, 3.63) is 93.7 Å². The minimum atomic E-state index is -0.212. The van der Waals surface area contributed by atoms with Crippen LogP contribution in [0.25, 0.3) is 17.7 Å². The van der Waals surface area contributed by atoms with Crippen LogP contribution in [-0.2, 0) is 16.1 Å². The molecule has 2 aliphatic heterocycles. The van der Waals surface area contributed by atoms with Crippen LogP contribution in [-0.4, -0.2) is 34.5 Å². The van der Waals surface area contributed by atoms with Crippen molar-refractivity contribution < 1.29 is 14.3 Å². The Labute approximate surface area is 209 Å². The smallest absolute Gasteiger partial charge is 0.261 e. The van der Waals surface area contributed by atoms with Gasteiger partial charge in [-0.15, -0.1) is 0 Å². The zero-order valence-corrected chi connectivity index (χ0v) is 20.0. The van der Waals surface area contributed by atoms with Crippen molar-refractivity contribution in [1.29, 1.82) is 0 Å². The van der Waals surface area contributed by atoms with Crippen LogP contribution >= 0.6 is 0 Å². The summed E-state index contributed by atoms with van der Waals surface area (Å²) in [5, 5.41) is 2.92. The van der Waals surface area contributed by atoms with Gasteiger partial charge in [0.25, 0.3) is 11.5 Å². The second-order valence-electron chi connectivity index (χ2n) is 9.24. The van der Waals surface area contributed by atoms with Crippen LogP contribution in [0.2, 0.25) is 0 Å². The Balaban J connectivity index is 1.20. The van der Waals surface area contributed by atoms with Crippen LogP contribution in [0.5, 0.6) is 0 Å². The van der Waals surface area contributed by atoms with Gasteiger partial charge >= 0.3 is 0 Å². The Morgan fingerprint density at radius 3 is 2.78 bits per heavy atom. The lowest BCUT2D eigenvalue weighted by Gasteiger charge is -2.22. The number of fused-ring (bicyclic) bond motifs is 1. The number of amides is 1. The van der Waals surface area contributed by atoms with E-state index in [-0.39, 0.29) is 29.2 Å². The van der Waals surface area contributed by atoms with Gasteiger partial charge in [-0.3, -0.25) is 14.4 Å². The molecular formula is C29H29N3O4. The van der Waals surface area contributed by atoms with Gasteiger partial charge in [-0.05, 0) is 67.2 Å². The molecule has 36 heavy (non-hydrogen) atoms. The number of nitrogens with one attached hydrogen (secondary N) is 2. The summed E-state index contributed by atoms with van der Waals surface area (Å²) in [4.78, 5) is 41.1. The quantitative estimate of drug-likeness (QED) is 0.356. The topological polar surface area (TPSA) is 93.2 Å². The third-order valence-corrected chi connectivity index (χ3v) is 6.71. The summed E-state index contributed by atoms with van der Waals surface area (Å²) in [5.41, 5.74) is 4.10. The van der Waals surface area contributed by atoms with Gasteiger partial charge in [0.2, 0.25) is 0 Å². The molecule has 1 saturated heterocycles. The van der Waals surface area contributed by atoms with Gasteiger partial charge in [0.15, 0.2) is 5.78 Å². The van der Waals surface area contributed by atoms with E-state index in [0.29, 0.717) is 24.5 Å². The number of hydrogen-bond donors (Lipinski definition) is 2. The van der Waals surface area contributed by atoms with Crippen molar-refractivity contribution in [2.75, 3.05) is 18.5 Å². The molecule has 0 radical (unpaired) electrons. The van der Waals surface area contributed by atoms with Gasteiger partial charge in [0, 0.05) is 55.5 Å². The highest BCUT2D eigenvalue weighted by Gasteiger charge is 2.24. The number of hydrogen-bond acceptors (Lipinski definition) is 4. The molecule has 184 valence electrons.